The SMILES string of the molecule is C=C(c1cccc(-c2ccccc2)c1)N1C[C@H]2OC34CCC1C2C31CCN(CC2CC2)C4Cc2ccc(O)cc21. The van der Waals surface area contributed by atoms with Crippen LogP contribution < -0.4 is 0 Å². The lowest BCUT2D eigenvalue weighted by atomic mass is 9.46. The number of hydrogen-bond acceptors (Lipinski definition) is 4. The van der Waals surface area contributed by atoms with Gasteiger partial charge in [-0.2, -0.15) is 0 Å². The van der Waals surface area contributed by atoms with Gasteiger partial charge in [0, 0.05) is 42.2 Å². The third-order valence-corrected chi connectivity index (χ3v) is 11.7. The summed E-state index contributed by atoms with van der Waals surface area (Å²) >= 11 is 0. The maximum Gasteiger partial charge on any atom is 0.115 e. The molecular weight excluding hydrogens is 492 g/mol. The Morgan fingerprint density at radius 2 is 1.80 bits per heavy atom. The van der Waals surface area contributed by atoms with Gasteiger partial charge in [-0.25, -0.2) is 0 Å². The van der Waals surface area contributed by atoms with Crippen LogP contribution in [0.3, 0.4) is 0 Å². The van der Waals surface area contributed by atoms with Crippen LogP contribution in [0.4, 0.5) is 0 Å². The molecule has 3 aromatic rings. The molecule has 6 aliphatic rings. The molecule has 4 heteroatoms. The van der Waals surface area contributed by atoms with Crippen molar-refractivity contribution in [1.82, 2.24) is 9.80 Å². The Hall–Kier alpha value is -3.08. The molecule has 9 rings (SSSR count). The van der Waals surface area contributed by atoms with Crippen molar-refractivity contribution in [1.29, 1.82) is 0 Å². The summed E-state index contributed by atoms with van der Waals surface area (Å²) in [7, 11) is 0. The molecule has 4 bridgehead atoms. The normalized spacial score (nSPS) is 35.4. The Bertz CT molecular complexity index is 1510. The van der Waals surface area contributed by atoms with Gasteiger partial charge in [-0.05, 0) is 97.0 Å². The standard InChI is InChI=1S/C36H38N2O2/c1-23(26-8-5-9-27(18-26)25-6-3-2-4-7-25)38-22-32-34-31(38)14-15-36(40-32)33-19-28-12-13-29(39)20-30(28)35(34,36)16-17-37(33)21-24-10-11-24/h2-9,12-13,18,20,24,31-34,39H,1,10-11,14-17,19,21-22H2/t31?,32-,33?,34?,35?,36?/m1/s1. The summed E-state index contributed by atoms with van der Waals surface area (Å²) in [5, 5.41) is 10.7. The van der Waals surface area contributed by atoms with E-state index in [1.165, 1.54) is 47.2 Å². The van der Waals surface area contributed by atoms with Crippen molar-refractivity contribution in [2.24, 2.45) is 11.8 Å². The predicted molar refractivity (Wildman–Crippen MR) is 158 cm³/mol. The number of piperidine rings is 1. The summed E-state index contributed by atoms with van der Waals surface area (Å²) in [4.78, 5) is 5.42. The molecule has 0 radical (unpaired) electrons. The van der Waals surface area contributed by atoms with Crippen LogP contribution in [0.15, 0.2) is 79.4 Å². The van der Waals surface area contributed by atoms with Crippen molar-refractivity contribution in [2.45, 2.75) is 67.7 Å². The van der Waals surface area contributed by atoms with E-state index in [0.717, 1.165) is 50.4 Å². The molecule has 0 amide bonds. The third-order valence-electron chi connectivity index (χ3n) is 11.7. The molecule has 1 N–H and O–H groups in total. The largest absolute Gasteiger partial charge is 0.508 e. The van der Waals surface area contributed by atoms with E-state index in [1.807, 2.05) is 6.07 Å². The molecule has 0 spiro atoms. The molecule has 3 aliphatic carbocycles. The fraction of sp³-hybridized carbons (Fsp3) is 0.444. The van der Waals surface area contributed by atoms with Gasteiger partial charge in [0.25, 0.3) is 0 Å². The molecule has 5 fully saturated rings. The van der Waals surface area contributed by atoms with E-state index in [2.05, 4.69) is 76.5 Å². The van der Waals surface area contributed by atoms with E-state index in [4.69, 9.17) is 11.3 Å². The van der Waals surface area contributed by atoms with E-state index in [1.54, 1.807) is 0 Å². The van der Waals surface area contributed by atoms with Crippen LogP contribution in [0.5, 0.6) is 5.75 Å². The Kier molecular flexibility index (Phi) is 4.86. The molecule has 3 aromatic carbocycles. The average molecular weight is 531 g/mol. The van der Waals surface area contributed by atoms with Crippen LogP contribution in [0, 0.1) is 11.8 Å². The number of likely N-dealkylation sites (tertiary alicyclic amines) is 2. The van der Waals surface area contributed by atoms with Crippen LogP contribution in [0.2, 0.25) is 0 Å². The minimum Gasteiger partial charge on any atom is -0.508 e. The molecule has 2 saturated carbocycles. The van der Waals surface area contributed by atoms with Gasteiger partial charge in [0.2, 0.25) is 0 Å². The van der Waals surface area contributed by atoms with Crippen LogP contribution in [0.25, 0.3) is 16.8 Å². The highest BCUT2D eigenvalue weighted by molar-refractivity contribution is 5.71. The molecule has 3 aliphatic heterocycles. The first-order valence-electron chi connectivity index (χ1n) is 15.4. The summed E-state index contributed by atoms with van der Waals surface area (Å²) in [5.41, 5.74) is 7.48. The lowest BCUT2D eigenvalue weighted by molar-refractivity contribution is -0.170. The van der Waals surface area contributed by atoms with Crippen molar-refractivity contribution in [3.63, 3.8) is 0 Å². The number of ether oxygens (including phenoxy) is 1. The zero-order valence-electron chi connectivity index (χ0n) is 23.1. The summed E-state index contributed by atoms with van der Waals surface area (Å²) in [6, 6.07) is 26.6. The average Bonchev–Trinajstić information content (AvgIpc) is 3.68. The van der Waals surface area contributed by atoms with Gasteiger partial charge in [0.15, 0.2) is 0 Å². The maximum absolute atomic E-state index is 10.7. The first-order valence-corrected chi connectivity index (χ1v) is 15.4. The molecule has 3 heterocycles. The topological polar surface area (TPSA) is 35.9 Å². The number of aromatic hydroxyl groups is 1. The highest BCUT2D eigenvalue weighted by Gasteiger charge is 2.77. The number of hydrogen-bond donors (Lipinski definition) is 1. The lowest BCUT2D eigenvalue weighted by Crippen LogP contribution is -2.74. The second-order valence-electron chi connectivity index (χ2n) is 13.4. The molecule has 204 valence electrons. The minimum atomic E-state index is -0.132. The van der Waals surface area contributed by atoms with Crippen LogP contribution >= 0.6 is 0 Å². The number of benzene rings is 3. The molecule has 4 nitrogen and oxygen atoms in total. The predicted octanol–water partition coefficient (Wildman–Crippen LogP) is 6.24. The quantitative estimate of drug-likeness (QED) is 0.424. The number of phenolic OH excluding ortho intramolecular Hbond substituents is 1. The fourth-order valence-electron chi connectivity index (χ4n) is 10.0. The summed E-state index contributed by atoms with van der Waals surface area (Å²) in [5.74, 6) is 1.72. The number of phenols is 1. The third kappa shape index (κ3) is 3.04. The fourth-order valence-corrected chi connectivity index (χ4v) is 10.0. The van der Waals surface area contributed by atoms with Gasteiger partial charge < -0.3 is 14.7 Å². The molecule has 5 unspecified atom stereocenters. The Morgan fingerprint density at radius 3 is 2.65 bits per heavy atom. The Labute approximate surface area is 237 Å². The minimum absolute atomic E-state index is 0.0292. The lowest BCUT2D eigenvalue weighted by Gasteiger charge is -2.65. The number of fused-ring (bicyclic) bond motifs is 1. The Morgan fingerprint density at radius 1 is 0.950 bits per heavy atom. The smallest absolute Gasteiger partial charge is 0.115 e. The zero-order chi connectivity index (χ0) is 26.6. The van der Waals surface area contributed by atoms with Crippen LogP contribution in [0.1, 0.15) is 48.8 Å². The monoisotopic (exact) mass is 530 g/mol. The number of rotatable bonds is 5. The zero-order valence-corrected chi connectivity index (χ0v) is 23.1. The van der Waals surface area contributed by atoms with Gasteiger partial charge in [-0.3, -0.25) is 4.90 Å². The highest BCUT2D eigenvalue weighted by atomic mass is 16.5. The van der Waals surface area contributed by atoms with E-state index < -0.39 is 0 Å². The second kappa shape index (κ2) is 8.24. The molecular formula is C36H38N2O2. The summed E-state index contributed by atoms with van der Waals surface area (Å²) in [6.07, 6.45) is 7.43. The van der Waals surface area contributed by atoms with Crippen molar-refractivity contribution >= 4 is 5.70 Å². The van der Waals surface area contributed by atoms with E-state index in [-0.39, 0.29) is 17.1 Å². The Balaban J connectivity index is 1.11. The van der Waals surface area contributed by atoms with E-state index in [9.17, 15) is 5.11 Å². The number of nitrogens with zero attached hydrogens (tertiary/aromatic N) is 2. The van der Waals surface area contributed by atoms with Crippen LogP contribution in [-0.2, 0) is 16.6 Å². The van der Waals surface area contributed by atoms with Crippen molar-refractivity contribution < 1.29 is 9.84 Å². The highest BCUT2D eigenvalue weighted by Crippen LogP contribution is 2.70. The second-order valence-corrected chi connectivity index (χ2v) is 13.4. The molecule has 6 atom stereocenters. The van der Waals surface area contributed by atoms with Crippen LogP contribution in [-0.4, -0.2) is 58.3 Å². The first kappa shape index (κ1) is 23.6. The van der Waals surface area contributed by atoms with Gasteiger partial charge >= 0.3 is 0 Å². The van der Waals surface area contributed by atoms with Gasteiger partial charge in [0.05, 0.1) is 11.7 Å². The summed E-state index contributed by atoms with van der Waals surface area (Å²) < 4.78 is 7.46. The first-order chi connectivity index (χ1) is 19.6. The van der Waals surface area contributed by atoms with E-state index >= 15 is 0 Å². The van der Waals surface area contributed by atoms with Gasteiger partial charge in [-0.1, -0.05) is 61.2 Å². The molecule has 40 heavy (non-hydrogen) atoms. The maximum atomic E-state index is 10.7. The van der Waals surface area contributed by atoms with Crippen molar-refractivity contribution in [3.8, 4) is 16.9 Å². The summed E-state index contributed by atoms with van der Waals surface area (Å²) in [6.45, 7) is 7.99. The van der Waals surface area contributed by atoms with Crippen molar-refractivity contribution in [3.05, 3.63) is 96.1 Å². The van der Waals surface area contributed by atoms with Gasteiger partial charge in [0.1, 0.15) is 5.75 Å². The van der Waals surface area contributed by atoms with E-state index in [0.29, 0.717) is 23.8 Å². The van der Waals surface area contributed by atoms with Crippen molar-refractivity contribution in [2.75, 3.05) is 19.6 Å². The van der Waals surface area contributed by atoms with Gasteiger partial charge in [-0.15, -0.1) is 0 Å². The molecule has 0 aromatic heterocycles. The molecule has 3 saturated heterocycles.